The number of hydrogen-bond acceptors (Lipinski definition) is 2. The number of hydrogen-bond donors (Lipinski definition) is 0. The number of rotatable bonds is 6. The van der Waals surface area contributed by atoms with E-state index in [2.05, 4.69) is 52.0 Å². The minimum absolute atomic E-state index is 0.0198. The molecule has 96 valence electrons. The van der Waals surface area contributed by atoms with Gasteiger partial charge in [0.1, 0.15) is 6.10 Å². The van der Waals surface area contributed by atoms with Crippen molar-refractivity contribution in [2.24, 2.45) is 5.41 Å². The van der Waals surface area contributed by atoms with Gasteiger partial charge in [0.25, 0.3) is 0 Å². The highest BCUT2D eigenvalue weighted by molar-refractivity contribution is 5.28. The van der Waals surface area contributed by atoms with Crippen molar-refractivity contribution in [2.75, 3.05) is 6.61 Å². The van der Waals surface area contributed by atoms with Crippen LogP contribution in [0.25, 0.3) is 0 Å². The zero-order valence-corrected chi connectivity index (χ0v) is 11.6. The Bertz CT molecular complexity index is 345. The third-order valence-corrected chi connectivity index (χ3v) is 3.37. The Morgan fingerprint density at radius 3 is 2.35 bits per heavy atom. The third-order valence-electron chi connectivity index (χ3n) is 3.37. The highest BCUT2D eigenvalue weighted by Crippen LogP contribution is 2.40. The highest BCUT2D eigenvalue weighted by atomic mass is 17.2. The van der Waals surface area contributed by atoms with Gasteiger partial charge in [0.05, 0.1) is 6.61 Å². The molecule has 0 amide bonds. The summed E-state index contributed by atoms with van der Waals surface area (Å²) in [6.07, 6.45) is 1.02. The Labute approximate surface area is 105 Å². The number of aryl methyl sites for hydroxylation is 1. The van der Waals surface area contributed by atoms with Crippen LogP contribution in [0.1, 0.15) is 51.3 Å². The molecule has 1 aromatic carbocycles. The monoisotopic (exact) mass is 236 g/mol. The van der Waals surface area contributed by atoms with E-state index in [9.17, 15) is 0 Å². The maximum absolute atomic E-state index is 5.61. The Morgan fingerprint density at radius 1 is 1.18 bits per heavy atom. The summed E-state index contributed by atoms with van der Waals surface area (Å²) >= 11 is 0. The Hall–Kier alpha value is -0.860. The molecule has 0 aliphatic carbocycles. The summed E-state index contributed by atoms with van der Waals surface area (Å²) in [6.45, 7) is 11.2. The van der Waals surface area contributed by atoms with Crippen molar-refractivity contribution in [1.29, 1.82) is 0 Å². The molecule has 0 radical (unpaired) electrons. The van der Waals surface area contributed by atoms with Crippen LogP contribution in [0.5, 0.6) is 0 Å². The quantitative estimate of drug-likeness (QED) is 0.537. The Morgan fingerprint density at radius 2 is 1.82 bits per heavy atom. The van der Waals surface area contributed by atoms with Gasteiger partial charge >= 0.3 is 0 Å². The van der Waals surface area contributed by atoms with Crippen LogP contribution in [-0.2, 0) is 9.78 Å². The minimum atomic E-state index is -0.0198. The average Bonchev–Trinajstić information content (AvgIpc) is 2.31. The second-order valence-electron chi connectivity index (χ2n) is 5.08. The van der Waals surface area contributed by atoms with Gasteiger partial charge in [-0.15, -0.1) is 0 Å². The maximum Gasteiger partial charge on any atom is 0.123 e. The van der Waals surface area contributed by atoms with E-state index in [-0.39, 0.29) is 11.5 Å². The normalized spacial score (nSPS) is 13.7. The lowest BCUT2D eigenvalue weighted by Gasteiger charge is -2.33. The van der Waals surface area contributed by atoms with E-state index in [1.165, 1.54) is 11.1 Å². The zero-order chi connectivity index (χ0) is 12.9. The van der Waals surface area contributed by atoms with E-state index in [0.717, 1.165) is 6.42 Å². The van der Waals surface area contributed by atoms with Crippen molar-refractivity contribution < 1.29 is 9.78 Å². The van der Waals surface area contributed by atoms with Crippen molar-refractivity contribution >= 4 is 0 Å². The molecular formula is C15H24O2. The van der Waals surface area contributed by atoms with Crippen LogP contribution in [-0.4, -0.2) is 6.61 Å². The van der Waals surface area contributed by atoms with Crippen molar-refractivity contribution in [2.45, 2.75) is 47.1 Å². The highest BCUT2D eigenvalue weighted by Gasteiger charge is 2.32. The first-order chi connectivity index (χ1) is 8.03. The van der Waals surface area contributed by atoms with Crippen LogP contribution < -0.4 is 0 Å². The molecule has 1 atom stereocenters. The summed E-state index contributed by atoms with van der Waals surface area (Å²) in [5, 5.41) is 0. The van der Waals surface area contributed by atoms with Crippen molar-refractivity contribution in [3.8, 4) is 0 Å². The van der Waals surface area contributed by atoms with Gasteiger partial charge in [-0.2, -0.15) is 0 Å². The first kappa shape index (κ1) is 14.2. The molecule has 1 unspecified atom stereocenters. The second kappa shape index (κ2) is 6.18. The van der Waals surface area contributed by atoms with Gasteiger partial charge in [-0.25, -0.2) is 9.78 Å². The lowest BCUT2D eigenvalue weighted by atomic mass is 9.79. The van der Waals surface area contributed by atoms with Crippen LogP contribution in [0.4, 0.5) is 0 Å². The second-order valence-corrected chi connectivity index (χ2v) is 5.08. The van der Waals surface area contributed by atoms with Crippen molar-refractivity contribution in [1.82, 2.24) is 0 Å². The zero-order valence-electron chi connectivity index (χ0n) is 11.6. The molecule has 0 saturated carbocycles. The van der Waals surface area contributed by atoms with Gasteiger partial charge in [0.15, 0.2) is 0 Å². The smallest absolute Gasteiger partial charge is 0.123 e. The fourth-order valence-corrected chi connectivity index (χ4v) is 1.81. The lowest BCUT2D eigenvalue weighted by molar-refractivity contribution is -0.343. The third kappa shape index (κ3) is 3.55. The van der Waals surface area contributed by atoms with Crippen LogP contribution in [0, 0.1) is 12.3 Å². The molecule has 0 aromatic heterocycles. The molecule has 0 heterocycles. The molecule has 0 N–H and O–H groups in total. The van der Waals surface area contributed by atoms with Gasteiger partial charge < -0.3 is 0 Å². The van der Waals surface area contributed by atoms with E-state index in [1.807, 2.05) is 6.92 Å². The van der Waals surface area contributed by atoms with E-state index in [0.29, 0.717) is 6.61 Å². The van der Waals surface area contributed by atoms with Gasteiger partial charge in [0, 0.05) is 0 Å². The van der Waals surface area contributed by atoms with E-state index in [4.69, 9.17) is 9.78 Å². The summed E-state index contributed by atoms with van der Waals surface area (Å²) in [5.41, 5.74) is 2.52. The van der Waals surface area contributed by atoms with Crippen LogP contribution in [0.3, 0.4) is 0 Å². The molecule has 0 saturated heterocycles. The van der Waals surface area contributed by atoms with Gasteiger partial charge in [-0.3, -0.25) is 0 Å². The van der Waals surface area contributed by atoms with Crippen molar-refractivity contribution in [3.05, 3.63) is 35.4 Å². The largest absolute Gasteiger partial charge is 0.236 e. The molecule has 0 spiro atoms. The maximum atomic E-state index is 5.61. The molecular weight excluding hydrogens is 212 g/mol. The first-order valence-electron chi connectivity index (χ1n) is 6.36. The molecule has 1 aromatic rings. The molecule has 2 heteroatoms. The average molecular weight is 236 g/mol. The summed E-state index contributed by atoms with van der Waals surface area (Å²) in [5.74, 6) is 0. The molecule has 0 aliphatic rings. The standard InChI is InChI=1S/C15H24O2/c1-6-15(4,5)14(17-16-7-2)13-11-9-8-10-12(13)3/h8-11,14H,6-7H2,1-5H3. The molecule has 0 fully saturated rings. The Kier molecular flexibility index (Phi) is 5.16. The molecule has 0 aliphatic heterocycles. The number of benzene rings is 1. The molecule has 0 bridgehead atoms. The van der Waals surface area contributed by atoms with Crippen LogP contribution >= 0.6 is 0 Å². The SMILES string of the molecule is CCOOC(c1ccccc1C)C(C)(C)CC. The topological polar surface area (TPSA) is 18.5 Å². The van der Waals surface area contributed by atoms with Gasteiger partial charge in [-0.1, -0.05) is 45.0 Å². The molecule has 2 nitrogen and oxygen atoms in total. The summed E-state index contributed by atoms with van der Waals surface area (Å²) < 4.78 is 0. The first-order valence-corrected chi connectivity index (χ1v) is 6.36. The molecule has 1 rings (SSSR count). The lowest BCUT2D eigenvalue weighted by Crippen LogP contribution is -2.25. The minimum Gasteiger partial charge on any atom is -0.236 e. The fourth-order valence-electron chi connectivity index (χ4n) is 1.81. The van der Waals surface area contributed by atoms with Crippen LogP contribution in [0.2, 0.25) is 0 Å². The fraction of sp³-hybridized carbons (Fsp3) is 0.600. The van der Waals surface area contributed by atoms with Gasteiger partial charge in [-0.05, 0) is 36.8 Å². The van der Waals surface area contributed by atoms with E-state index >= 15 is 0 Å². The summed E-state index contributed by atoms with van der Waals surface area (Å²) in [7, 11) is 0. The van der Waals surface area contributed by atoms with Crippen molar-refractivity contribution in [3.63, 3.8) is 0 Å². The summed E-state index contributed by atoms with van der Waals surface area (Å²) in [6, 6.07) is 8.34. The van der Waals surface area contributed by atoms with E-state index < -0.39 is 0 Å². The predicted octanol–water partition coefficient (Wildman–Crippen LogP) is 4.44. The van der Waals surface area contributed by atoms with E-state index in [1.54, 1.807) is 0 Å². The summed E-state index contributed by atoms with van der Waals surface area (Å²) in [4.78, 5) is 10.8. The Balaban J connectivity index is 3.02. The van der Waals surface area contributed by atoms with Gasteiger partial charge in [0.2, 0.25) is 0 Å². The van der Waals surface area contributed by atoms with Crippen LogP contribution in [0.15, 0.2) is 24.3 Å². The molecule has 17 heavy (non-hydrogen) atoms. The predicted molar refractivity (Wildman–Crippen MR) is 70.7 cm³/mol.